The molecule has 5 heteroatoms. The van der Waals surface area contributed by atoms with Gasteiger partial charge in [0.05, 0.1) is 11.9 Å². The average molecular weight is 427 g/mol. The van der Waals surface area contributed by atoms with Gasteiger partial charge in [-0.05, 0) is 73.5 Å². The maximum atomic E-state index is 6.08. The maximum Gasteiger partial charge on any atom is 0.227 e. The third-order valence-corrected chi connectivity index (χ3v) is 5.38. The van der Waals surface area contributed by atoms with Crippen LogP contribution in [0.5, 0.6) is 0 Å². The summed E-state index contributed by atoms with van der Waals surface area (Å²) in [7, 11) is 0. The second kappa shape index (κ2) is 7.89. The zero-order chi connectivity index (χ0) is 21.4. The zero-order valence-electron chi connectivity index (χ0n) is 17.1. The van der Waals surface area contributed by atoms with Crippen molar-refractivity contribution in [1.29, 1.82) is 0 Å². The molecule has 2 aromatic heterocycles. The van der Waals surface area contributed by atoms with Crippen molar-refractivity contribution < 1.29 is 8.83 Å². The molecule has 0 aliphatic heterocycles. The summed E-state index contributed by atoms with van der Waals surface area (Å²) in [5.74, 6) is 2.00. The molecule has 0 unspecified atom stereocenters. The SMILES string of the molecule is Cc1ccc2oc(-c3cccc(N=Cc4ccc(-c5cccc(Cl)c5)o4)c3C)nc2c1. The first-order valence-corrected chi connectivity index (χ1v) is 10.3. The van der Waals surface area contributed by atoms with Crippen LogP contribution in [0.2, 0.25) is 5.02 Å². The molecule has 0 saturated carbocycles. The Balaban J connectivity index is 1.44. The number of rotatable bonds is 4. The highest BCUT2D eigenvalue weighted by molar-refractivity contribution is 6.30. The molecule has 0 amide bonds. The smallest absolute Gasteiger partial charge is 0.227 e. The number of nitrogens with zero attached hydrogens (tertiary/aromatic N) is 2. The van der Waals surface area contributed by atoms with Crippen molar-refractivity contribution in [2.75, 3.05) is 0 Å². The van der Waals surface area contributed by atoms with Crippen LogP contribution >= 0.6 is 11.6 Å². The first kappa shape index (κ1) is 19.3. The van der Waals surface area contributed by atoms with Crippen LogP contribution in [0, 0.1) is 13.8 Å². The lowest BCUT2D eigenvalue weighted by Crippen LogP contribution is -1.85. The van der Waals surface area contributed by atoms with E-state index in [1.54, 1.807) is 6.21 Å². The van der Waals surface area contributed by atoms with Gasteiger partial charge in [0.2, 0.25) is 5.89 Å². The van der Waals surface area contributed by atoms with Crippen LogP contribution in [0.3, 0.4) is 0 Å². The summed E-state index contributed by atoms with van der Waals surface area (Å²) in [5.41, 5.74) is 6.45. The van der Waals surface area contributed by atoms with Crippen LogP contribution in [0.4, 0.5) is 5.69 Å². The molecule has 0 atom stereocenters. The third-order valence-electron chi connectivity index (χ3n) is 5.15. The van der Waals surface area contributed by atoms with Gasteiger partial charge in [-0.1, -0.05) is 35.9 Å². The van der Waals surface area contributed by atoms with Gasteiger partial charge in [0.1, 0.15) is 17.0 Å². The van der Waals surface area contributed by atoms with Crippen LogP contribution in [0.25, 0.3) is 33.9 Å². The third kappa shape index (κ3) is 3.90. The van der Waals surface area contributed by atoms with Crippen molar-refractivity contribution in [2.45, 2.75) is 13.8 Å². The fourth-order valence-corrected chi connectivity index (χ4v) is 3.69. The lowest BCUT2D eigenvalue weighted by molar-refractivity contribution is 0.575. The van der Waals surface area contributed by atoms with Gasteiger partial charge in [-0.15, -0.1) is 0 Å². The van der Waals surface area contributed by atoms with E-state index in [0.29, 0.717) is 16.7 Å². The Hall–Kier alpha value is -3.63. The van der Waals surface area contributed by atoms with Crippen molar-refractivity contribution >= 4 is 34.6 Å². The summed E-state index contributed by atoms with van der Waals surface area (Å²) in [6.45, 7) is 4.06. The maximum absolute atomic E-state index is 6.08. The molecule has 0 N–H and O–H groups in total. The summed E-state index contributed by atoms with van der Waals surface area (Å²) in [6, 6.07) is 23.3. The lowest BCUT2D eigenvalue weighted by atomic mass is 10.1. The number of furan rings is 1. The first-order valence-electron chi connectivity index (χ1n) is 9.94. The van der Waals surface area contributed by atoms with Gasteiger partial charge in [-0.2, -0.15) is 0 Å². The van der Waals surface area contributed by atoms with Crippen molar-refractivity contribution in [2.24, 2.45) is 4.99 Å². The molecule has 5 aromatic rings. The molecular weight excluding hydrogens is 408 g/mol. The number of hydrogen-bond donors (Lipinski definition) is 0. The van der Waals surface area contributed by atoms with E-state index in [4.69, 9.17) is 20.4 Å². The first-order chi connectivity index (χ1) is 15.1. The Kier molecular flexibility index (Phi) is 4.92. The number of hydrogen-bond acceptors (Lipinski definition) is 4. The second-order valence-electron chi connectivity index (χ2n) is 7.41. The summed E-state index contributed by atoms with van der Waals surface area (Å²) in [6.07, 6.45) is 1.72. The molecule has 0 fully saturated rings. The molecule has 2 heterocycles. The number of fused-ring (bicyclic) bond motifs is 1. The monoisotopic (exact) mass is 426 g/mol. The number of aryl methyl sites for hydroxylation is 1. The van der Waals surface area contributed by atoms with Gasteiger partial charge in [0, 0.05) is 16.1 Å². The highest BCUT2D eigenvalue weighted by atomic mass is 35.5. The van der Waals surface area contributed by atoms with E-state index in [-0.39, 0.29) is 0 Å². The Bertz CT molecular complexity index is 1430. The van der Waals surface area contributed by atoms with Gasteiger partial charge in [-0.3, -0.25) is 4.99 Å². The molecule has 0 saturated heterocycles. The standard InChI is InChI=1S/C26H19ClN2O2/c1-16-9-11-25-23(13-16)29-26(31-25)21-7-4-8-22(17(21)2)28-15-20-10-12-24(30-20)18-5-3-6-19(27)14-18/h3-15H,1-2H3. The van der Waals surface area contributed by atoms with E-state index in [1.165, 1.54) is 0 Å². The van der Waals surface area contributed by atoms with Gasteiger partial charge >= 0.3 is 0 Å². The highest BCUT2D eigenvalue weighted by Crippen LogP contribution is 2.32. The molecule has 0 radical (unpaired) electrons. The number of halogens is 1. The van der Waals surface area contributed by atoms with Crippen molar-refractivity contribution in [3.05, 3.63) is 94.7 Å². The number of aromatic nitrogens is 1. The molecule has 0 bridgehead atoms. The Morgan fingerprint density at radius 3 is 2.65 bits per heavy atom. The average Bonchev–Trinajstić information content (AvgIpc) is 3.40. The van der Waals surface area contributed by atoms with Crippen molar-refractivity contribution in [3.63, 3.8) is 0 Å². The predicted molar refractivity (Wildman–Crippen MR) is 125 cm³/mol. The molecule has 5 rings (SSSR count). The largest absolute Gasteiger partial charge is 0.455 e. The van der Waals surface area contributed by atoms with Crippen LogP contribution < -0.4 is 0 Å². The van der Waals surface area contributed by atoms with E-state index in [1.807, 2.05) is 86.6 Å². The van der Waals surface area contributed by atoms with Crippen LogP contribution in [-0.2, 0) is 0 Å². The molecule has 0 aliphatic carbocycles. The second-order valence-corrected chi connectivity index (χ2v) is 7.85. The lowest BCUT2D eigenvalue weighted by Gasteiger charge is -2.04. The molecule has 4 nitrogen and oxygen atoms in total. The summed E-state index contributed by atoms with van der Waals surface area (Å²) in [5, 5.41) is 0.672. The fourth-order valence-electron chi connectivity index (χ4n) is 3.50. The Morgan fingerprint density at radius 1 is 0.903 bits per heavy atom. The van der Waals surface area contributed by atoms with Gasteiger partial charge in [0.15, 0.2) is 5.58 Å². The molecule has 0 spiro atoms. The van der Waals surface area contributed by atoms with Gasteiger partial charge in [0.25, 0.3) is 0 Å². The van der Waals surface area contributed by atoms with E-state index in [0.717, 1.165) is 44.8 Å². The Morgan fingerprint density at radius 2 is 1.77 bits per heavy atom. The summed E-state index contributed by atoms with van der Waals surface area (Å²) >= 11 is 6.08. The van der Waals surface area contributed by atoms with E-state index >= 15 is 0 Å². The normalized spacial score (nSPS) is 11.6. The number of aliphatic imine (C=N–C) groups is 1. The molecule has 0 aliphatic rings. The van der Waals surface area contributed by atoms with E-state index in [2.05, 4.69) is 9.98 Å². The van der Waals surface area contributed by atoms with E-state index in [9.17, 15) is 0 Å². The van der Waals surface area contributed by atoms with Gasteiger partial charge < -0.3 is 8.83 Å². The van der Waals surface area contributed by atoms with Crippen LogP contribution in [-0.4, -0.2) is 11.2 Å². The minimum absolute atomic E-state index is 0.594. The van der Waals surface area contributed by atoms with Crippen molar-refractivity contribution in [3.8, 4) is 22.8 Å². The van der Waals surface area contributed by atoms with Crippen LogP contribution in [0.1, 0.15) is 16.9 Å². The minimum atomic E-state index is 0.594. The molecule has 3 aromatic carbocycles. The fraction of sp³-hybridized carbons (Fsp3) is 0.0769. The Labute approximate surface area is 184 Å². The topological polar surface area (TPSA) is 51.5 Å². The zero-order valence-corrected chi connectivity index (χ0v) is 17.9. The van der Waals surface area contributed by atoms with E-state index < -0.39 is 0 Å². The van der Waals surface area contributed by atoms with Crippen LogP contribution in [0.15, 0.2) is 86.6 Å². The van der Waals surface area contributed by atoms with Gasteiger partial charge in [-0.25, -0.2) is 4.98 Å². The predicted octanol–water partition coefficient (Wildman–Crippen LogP) is 7.78. The quantitative estimate of drug-likeness (QED) is 0.276. The molecule has 152 valence electrons. The highest BCUT2D eigenvalue weighted by Gasteiger charge is 2.13. The summed E-state index contributed by atoms with van der Waals surface area (Å²) in [4.78, 5) is 9.30. The molecule has 31 heavy (non-hydrogen) atoms. The minimum Gasteiger partial charge on any atom is -0.455 e. The summed E-state index contributed by atoms with van der Waals surface area (Å²) < 4.78 is 11.9. The molecular formula is C26H19ClN2O2. The number of oxazole rings is 1. The van der Waals surface area contributed by atoms with Crippen molar-refractivity contribution in [1.82, 2.24) is 4.98 Å². The number of benzene rings is 3.